The lowest BCUT2D eigenvalue weighted by molar-refractivity contribution is -0.116. The van der Waals surface area contributed by atoms with E-state index in [1.165, 1.54) is 11.8 Å². The topological polar surface area (TPSA) is 107 Å². The van der Waals surface area contributed by atoms with Gasteiger partial charge in [0.15, 0.2) is 10.3 Å². The molecule has 2 aromatic heterocycles. The first-order valence-electron chi connectivity index (χ1n) is 10.8. The molecule has 0 saturated carbocycles. The van der Waals surface area contributed by atoms with Gasteiger partial charge < -0.3 is 10.0 Å². The molecule has 9 nitrogen and oxygen atoms in total. The number of β-amino-alcohol motifs (C(OH)–C–C–N with tert-alkyl or cyclic N) is 1. The Bertz CT molecular complexity index is 1080. The van der Waals surface area contributed by atoms with E-state index in [1.807, 2.05) is 37.4 Å². The van der Waals surface area contributed by atoms with Gasteiger partial charge in [0, 0.05) is 55.1 Å². The number of piperazine rings is 1. The maximum Gasteiger partial charge on any atom is 0.234 e. The molecule has 3 heterocycles. The first kappa shape index (κ1) is 23.6. The van der Waals surface area contributed by atoms with Crippen molar-refractivity contribution in [2.24, 2.45) is 0 Å². The zero-order chi connectivity index (χ0) is 23.2. The van der Waals surface area contributed by atoms with Crippen molar-refractivity contribution in [2.45, 2.75) is 30.3 Å². The van der Waals surface area contributed by atoms with Crippen molar-refractivity contribution < 1.29 is 9.90 Å². The lowest BCUT2D eigenvalue weighted by atomic mass is 10.1. The van der Waals surface area contributed by atoms with E-state index in [0.717, 1.165) is 46.6 Å². The van der Waals surface area contributed by atoms with Crippen LogP contribution in [0.15, 0.2) is 40.5 Å². The Balaban J connectivity index is 1.55. The number of rotatable bonds is 9. The summed E-state index contributed by atoms with van der Waals surface area (Å²) in [6, 6.07) is 7.89. The van der Waals surface area contributed by atoms with Crippen molar-refractivity contribution in [3.05, 3.63) is 40.9 Å². The Morgan fingerprint density at radius 3 is 2.55 bits per heavy atom. The molecule has 0 amide bonds. The fourth-order valence-electron chi connectivity index (χ4n) is 3.48. The summed E-state index contributed by atoms with van der Waals surface area (Å²) in [7, 11) is 0. The predicted molar refractivity (Wildman–Crippen MR) is 131 cm³/mol. The zero-order valence-corrected chi connectivity index (χ0v) is 20.3. The van der Waals surface area contributed by atoms with Crippen molar-refractivity contribution in [1.82, 2.24) is 24.8 Å². The average molecular weight is 486 g/mol. The van der Waals surface area contributed by atoms with E-state index in [-0.39, 0.29) is 12.4 Å². The Labute approximate surface area is 201 Å². The van der Waals surface area contributed by atoms with E-state index in [2.05, 4.69) is 30.1 Å². The molecule has 1 aliphatic heterocycles. The molecule has 1 fully saturated rings. The number of aromatic nitrogens is 4. The first-order chi connectivity index (χ1) is 16.0. The first-order valence-corrected chi connectivity index (χ1v) is 12.4. The van der Waals surface area contributed by atoms with Crippen LogP contribution in [0.3, 0.4) is 0 Å². The van der Waals surface area contributed by atoms with Crippen LogP contribution in [-0.4, -0.2) is 75.1 Å². The molecule has 33 heavy (non-hydrogen) atoms. The summed E-state index contributed by atoms with van der Waals surface area (Å²) < 4.78 is 0. The summed E-state index contributed by atoms with van der Waals surface area (Å²) in [4.78, 5) is 36.2. The number of aryl methyl sites for hydroxylation is 1. The van der Waals surface area contributed by atoms with E-state index >= 15 is 0 Å². The van der Waals surface area contributed by atoms with Crippen molar-refractivity contribution in [3.8, 4) is 0 Å². The quantitative estimate of drug-likeness (QED) is 0.470. The fraction of sp³-hybridized carbons (Fsp3) is 0.409. The SMILES string of the molecule is CC(=O)Cc1ccc(Sc2nc(Nc3ncc(C)s3)nc(N3CCN(CCO)CC3)n2)cc1. The average Bonchev–Trinajstić information content (AvgIpc) is 3.20. The third-order valence-electron chi connectivity index (χ3n) is 5.10. The highest BCUT2D eigenvalue weighted by Gasteiger charge is 2.21. The highest BCUT2D eigenvalue weighted by molar-refractivity contribution is 7.99. The molecule has 4 rings (SSSR count). The lowest BCUT2D eigenvalue weighted by Gasteiger charge is -2.34. The molecule has 3 aromatic rings. The van der Waals surface area contributed by atoms with Gasteiger partial charge in [-0.2, -0.15) is 15.0 Å². The summed E-state index contributed by atoms with van der Waals surface area (Å²) >= 11 is 3.00. The van der Waals surface area contributed by atoms with E-state index in [9.17, 15) is 9.90 Å². The van der Waals surface area contributed by atoms with Gasteiger partial charge in [-0.15, -0.1) is 11.3 Å². The fourth-order valence-corrected chi connectivity index (χ4v) is 4.88. The lowest BCUT2D eigenvalue weighted by Crippen LogP contribution is -2.47. The second-order valence-electron chi connectivity index (χ2n) is 7.82. The van der Waals surface area contributed by atoms with Crippen LogP contribution in [-0.2, 0) is 11.2 Å². The van der Waals surface area contributed by atoms with Crippen molar-refractivity contribution in [1.29, 1.82) is 0 Å². The monoisotopic (exact) mass is 485 g/mol. The van der Waals surface area contributed by atoms with E-state index < -0.39 is 0 Å². The molecule has 0 unspecified atom stereocenters. The van der Waals surface area contributed by atoms with E-state index in [1.54, 1.807) is 18.3 Å². The summed E-state index contributed by atoms with van der Waals surface area (Å²) in [5, 5.41) is 13.7. The Morgan fingerprint density at radius 1 is 1.15 bits per heavy atom. The van der Waals surface area contributed by atoms with Crippen LogP contribution in [0.4, 0.5) is 17.0 Å². The third kappa shape index (κ3) is 6.70. The number of anilines is 3. The minimum absolute atomic E-state index is 0.143. The van der Waals surface area contributed by atoms with E-state index in [4.69, 9.17) is 4.98 Å². The maximum absolute atomic E-state index is 11.4. The number of carbonyl (C=O) groups is 1. The van der Waals surface area contributed by atoms with Crippen LogP contribution in [0.5, 0.6) is 0 Å². The van der Waals surface area contributed by atoms with Crippen LogP contribution in [0.25, 0.3) is 0 Å². The van der Waals surface area contributed by atoms with Crippen molar-refractivity contribution >= 4 is 45.9 Å². The molecule has 174 valence electrons. The minimum Gasteiger partial charge on any atom is -0.395 e. The number of carbonyl (C=O) groups excluding carboxylic acids is 1. The van der Waals surface area contributed by atoms with Crippen LogP contribution in [0, 0.1) is 6.92 Å². The standard InChI is InChI=1S/C22H27N7O2S2/c1-15(31)13-17-3-5-18(6-4-17)33-22-26-19(25-21-23-14-16(2)32-21)24-20(27-22)29-9-7-28(8-10-29)11-12-30/h3-6,14,30H,7-13H2,1-2H3,(H,23,24,25,26,27). The molecule has 1 saturated heterocycles. The Hall–Kier alpha value is -2.60. The number of ketones is 1. The van der Waals surface area contributed by atoms with Crippen molar-refractivity contribution in [2.75, 3.05) is 49.5 Å². The Kier molecular flexibility index (Phi) is 7.86. The molecule has 0 spiro atoms. The number of nitrogens with zero attached hydrogens (tertiary/aromatic N) is 6. The highest BCUT2D eigenvalue weighted by atomic mass is 32.2. The molecule has 2 N–H and O–H groups in total. The number of aliphatic hydroxyl groups is 1. The number of benzene rings is 1. The number of Topliss-reactive ketones (excluding diaryl/α,β-unsaturated/α-hetero) is 1. The highest BCUT2D eigenvalue weighted by Crippen LogP contribution is 2.29. The summed E-state index contributed by atoms with van der Waals surface area (Å²) in [5.41, 5.74) is 0.991. The molecule has 0 bridgehead atoms. The molecular weight excluding hydrogens is 458 g/mol. The molecule has 0 aliphatic carbocycles. The normalized spacial score (nSPS) is 14.5. The molecule has 1 aliphatic rings. The Morgan fingerprint density at radius 2 is 1.91 bits per heavy atom. The maximum atomic E-state index is 11.4. The summed E-state index contributed by atoms with van der Waals surface area (Å²) in [5.74, 6) is 1.23. The minimum atomic E-state index is 0.143. The summed E-state index contributed by atoms with van der Waals surface area (Å²) in [6.45, 7) is 7.71. The molecule has 1 aromatic carbocycles. The zero-order valence-electron chi connectivity index (χ0n) is 18.7. The van der Waals surface area contributed by atoms with Gasteiger partial charge in [-0.25, -0.2) is 4.98 Å². The second-order valence-corrected chi connectivity index (χ2v) is 10.1. The summed E-state index contributed by atoms with van der Waals surface area (Å²) in [6.07, 6.45) is 2.25. The number of nitrogens with one attached hydrogen (secondary N) is 1. The van der Waals surface area contributed by atoms with Crippen LogP contribution in [0.1, 0.15) is 17.4 Å². The molecule has 0 atom stereocenters. The van der Waals surface area contributed by atoms with E-state index in [0.29, 0.717) is 30.0 Å². The van der Waals surface area contributed by atoms with Crippen LogP contribution >= 0.6 is 23.1 Å². The smallest absolute Gasteiger partial charge is 0.234 e. The second kappa shape index (κ2) is 11.0. The largest absolute Gasteiger partial charge is 0.395 e. The molecule has 11 heteroatoms. The van der Waals surface area contributed by atoms with Gasteiger partial charge in [0.2, 0.25) is 11.9 Å². The van der Waals surface area contributed by atoms with Gasteiger partial charge in [0.25, 0.3) is 0 Å². The predicted octanol–water partition coefficient (Wildman–Crippen LogP) is 2.78. The number of aliphatic hydroxyl groups excluding tert-OH is 1. The number of thiazole rings is 1. The molecular formula is C22H27N7O2S2. The number of hydrogen-bond acceptors (Lipinski definition) is 11. The third-order valence-corrected chi connectivity index (χ3v) is 6.80. The van der Waals surface area contributed by atoms with Crippen LogP contribution < -0.4 is 10.2 Å². The van der Waals surface area contributed by atoms with Crippen molar-refractivity contribution in [3.63, 3.8) is 0 Å². The van der Waals surface area contributed by atoms with Gasteiger partial charge in [0.1, 0.15) is 5.78 Å². The van der Waals surface area contributed by atoms with Gasteiger partial charge >= 0.3 is 0 Å². The van der Waals surface area contributed by atoms with Gasteiger partial charge in [-0.1, -0.05) is 12.1 Å². The van der Waals surface area contributed by atoms with Gasteiger partial charge in [-0.3, -0.25) is 15.0 Å². The van der Waals surface area contributed by atoms with Gasteiger partial charge in [0.05, 0.1) is 6.61 Å². The molecule has 0 radical (unpaired) electrons. The number of hydrogen-bond donors (Lipinski definition) is 2. The van der Waals surface area contributed by atoms with Gasteiger partial charge in [-0.05, 0) is 43.3 Å². The van der Waals surface area contributed by atoms with Crippen LogP contribution in [0.2, 0.25) is 0 Å².